The molecule has 10 heteroatoms. The third kappa shape index (κ3) is 5.38. The van der Waals surface area contributed by atoms with Gasteiger partial charge in [-0.15, -0.1) is 0 Å². The molecular weight excluding hydrogens is 468 g/mol. The lowest BCUT2D eigenvalue weighted by atomic mass is 9.93. The van der Waals surface area contributed by atoms with Crippen molar-refractivity contribution in [1.29, 1.82) is 0 Å². The molecule has 0 spiro atoms. The van der Waals surface area contributed by atoms with Crippen LogP contribution in [0.3, 0.4) is 0 Å². The summed E-state index contributed by atoms with van der Waals surface area (Å²) in [6.45, 7) is 2.60. The van der Waals surface area contributed by atoms with Gasteiger partial charge in [0.15, 0.2) is 0 Å². The van der Waals surface area contributed by atoms with Crippen LogP contribution in [-0.2, 0) is 21.2 Å². The molecule has 1 unspecified atom stereocenters. The summed E-state index contributed by atoms with van der Waals surface area (Å²) in [6, 6.07) is 14.4. The van der Waals surface area contributed by atoms with Crippen molar-refractivity contribution in [2.45, 2.75) is 55.9 Å². The number of hydrazine groups is 1. The van der Waals surface area contributed by atoms with E-state index in [0.29, 0.717) is 30.9 Å². The normalized spacial score (nSPS) is 21.5. The molecule has 0 radical (unpaired) electrons. The molecule has 0 aliphatic carbocycles. The summed E-state index contributed by atoms with van der Waals surface area (Å²) in [4.78, 5) is 38.3. The molecule has 2 fully saturated rings. The highest BCUT2D eigenvalue weighted by molar-refractivity contribution is 7.89. The zero-order chi connectivity index (χ0) is 25.1. The van der Waals surface area contributed by atoms with E-state index in [1.165, 1.54) is 28.6 Å². The maximum absolute atomic E-state index is 13.0. The topological polar surface area (TPSA) is 116 Å². The van der Waals surface area contributed by atoms with Gasteiger partial charge in [-0.3, -0.25) is 15.0 Å². The van der Waals surface area contributed by atoms with Crippen molar-refractivity contribution in [3.63, 3.8) is 0 Å². The van der Waals surface area contributed by atoms with E-state index in [1.54, 1.807) is 6.92 Å². The van der Waals surface area contributed by atoms with Crippen LogP contribution >= 0.6 is 0 Å². The molecule has 0 bridgehead atoms. The first-order valence-electron chi connectivity index (χ1n) is 11.8. The number of hydrogen-bond acceptors (Lipinski definition) is 5. The first-order chi connectivity index (χ1) is 16.7. The van der Waals surface area contributed by atoms with E-state index in [1.807, 2.05) is 30.3 Å². The lowest BCUT2D eigenvalue weighted by Crippen LogP contribution is -2.49. The van der Waals surface area contributed by atoms with E-state index in [-0.39, 0.29) is 10.5 Å². The zero-order valence-corrected chi connectivity index (χ0v) is 20.5. The number of imide groups is 1. The van der Waals surface area contributed by atoms with E-state index in [2.05, 4.69) is 10.7 Å². The van der Waals surface area contributed by atoms with E-state index < -0.39 is 33.4 Å². The molecule has 2 aromatic rings. The summed E-state index contributed by atoms with van der Waals surface area (Å²) < 4.78 is 27.4. The summed E-state index contributed by atoms with van der Waals surface area (Å²) in [7, 11) is -3.64. The lowest BCUT2D eigenvalue weighted by Gasteiger charge is -2.21. The molecule has 9 nitrogen and oxygen atoms in total. The number of hydrogen-bond donors (Lipinski definition) is 2. The van der Waals surface area contributed by atoms with E-state index in [9.17, 15) is 22.8 Å². The van der Waals surface area contributed by atoms with Crippen molar-refractivity contribution in [1.82, 2.24) is 20.1 Å². The van der Waals surface area contributed by atoms with Gasteiger partial charge in [-0.2, -0.15) is 9.31 Å². The van der Waals surface area contributed by atoms with Crippen LogP contribution in [0.1, 0.15) is 54.9 Å². The number of urea groups is 1. The smallest absolute Gasteiger partial charge is 0.322 e. The Morgan fingerprint density at radius 1 is 0.971 bits per heavy atom. The van der Waals surface area contributed by atoms with Gasteiger partial charge in [0, 0.05) is 18.7 Å². The molecule has 2 saturated heterocycles. The number of amides is 4. The van der Waals surface area contributed by atoms with Crippen molar-refractivity contribution in [2.75, 3.05) is 13.1 Å². The Balaban J connectivity index is 1.41. The molecule has 186 valence electrons. The number of nitrogens with one attached hydrogen (secondary N) is 2. The molecule has 1 atom stereocenters. The first-order valence-corrected chi connectivity index (χ1v) is 13.3. The van der Waals surface area contributed by atoms with Crippen LogP contribution in [0.2, 0.25) is 0 Å². The maximum atomic E-state index is 13.0. The quantitative estimate of drug-likeness (QED) is 0.570. The average Bonchev–Trinajstić information content (AvgIpc) is 3.06. The SMILES string of the molecule is CC1(CCc2ccccc2)NC(=O)N(NC(=O)c2ccc(S(=O)(=O)N3CCCCCC3)cc2)C1=O. The number of nitrogens with zero attached hydrogens (tertiary/aromatic N) is 2. The Morgan fingerprint density at radius 2 is 1.60 bits per heavy atom. The second kappa shape index (κ2) is 10.2. The number of carbonyl (C=O) groups is 3. The molecule has 4 amide bonds. The molecule has 2 aliphatic rings. The molecule has 35 heavy (non-hydrogen) atoms. The second-order valence-electron chi connectivity index (χ2n) is 9.17. The minimum absolute atomic E-state index is 0.111. The highest BCUT2D eigenvalue weighted by Crippen LogP contribution is 2.23. The Morgan fingerprint density at radius 3 is 2.23 bits per heavy atom. The van der Waals surface area contributed by atoms with Gasteiger partial charge in [0.2, 0.25) is 10.0 Å². The van der Waals surface area contributed by atoms with Gasteiger partial charge in [0.1, 0.15) is 5.54 Å². The zero-order valence-electron chi connectivity index (χ0n) is 19.7. The number of benzene rings is 2. The van der Waals surface area contributed by atoms with Crippen molar-refractivity contribution >= 4 is 27.9 Å². The van der Waals surface area contributed by atoms with Crippen LogP contribution in [0, 0.1) is 0 Å². The monoisotopic (exact) mass is 498 g/mol. The molecule has 0 saturated carbocycles. The second-order valence-corrected chi connectivity index (χ2v) is 11.1. The van der Waals surface area contributed by atoms with Crippen LogP contribution < -0.4 is 10.7 Å². The Kier molecular flexibility index (Phi) is 7.23. The summed E-state index contributed by atoms with van der Waals surface area (Å²) in [5.74, 6) is -1.23. The lowest BCUT2D eigenvalue weighted by molar-refractivity contribution is -0.132. The van der Waals surface area contributed by atoms with Gasteiger partial charge in [-0.25, -0.2) is 13.2 Å². The van der Waals surface area contributed by atoms with Crippen LogP contribution in [0.25, 0.3) is 0 Å². The van der Waals surface area contributed by atoms with Gasteiger partial charge < -0.3 is 5.32 Å². The minimum atomic E-state index is -3.64. The summed E-state index contributed by atoms with van der Waals surface area (Å²) in [5, 5.41) is 3.36. The Bertz CT molecular complexity index is 1190. The Labute approximate surface area is 205 Å². The van der Waals surface area contributed by atoms with Gasteiger partial charge in [0.25, 0.3) is 11.8 Å². The number of sulfonamides is 1. The fraction of sp³-hybridized carbons (Fsp3) is 0.400. The van der Waals surface area contributed by atoms with Gasteiger partial charge in [0.05, 0.1) is 4.90 Å². The molecule has 2 N–H and O–H groups in total. The predicted molar refractivity (Wildman–Crippen MR) is 130 cm³/mol. The first kappa shape index (κ1) is 24.9. The van der Waals surface area contributed by atoms with Crippen molar-refractivity contribution in [3.8, 4) is 0 Å². The third-order valence-corrected chi connectivity index (χ3v) is 8.46. The number of aryl methyl sites for hydroxylation is 1. The average molecular weight is 499 g/mol. The molecule has 4 rings (SSSR count). The standard InChI is InChI=1S/C25H30N4O5S/c1-25(16-15-19-9-5-4-6-10-19)23(31)29(24(32)26-25)27-22(30)20-11-13-21(14-12-20)35(33,34)28-17-7-2-3-8-18-28/h4-6,9-14H,2-3,7-8,15-18H2,1H3,(H,26,32)(H,27,30). The van der Waals surface area contributed by atoms with Gasteiger partial charge in [-0.05, 0) is 62.4 Å². The molecular formula is C25H30N4O5S. The van der Waals surface area contributed by atoms with Crippen LogP contribution in [0.4, 0.5) is 4.79 Å². The van der Waals surface area contributed by atoms with E-state index in [0.717, 1.165) is 31.2 Å². The van der Waals surface area contributed by atoms with Crippen LogP contribution in [0.5, 0.6) is 0 Å². The van der Waals surface area contributed by atoms with Crippen molar-refractivity contribution in [3.05, 3.63) is 65.7 Å². The fourth-order valence-electron chi connectivity index (χ4n) is 4.37. The molecule has 2 aromatic carbocycles. The number of rotatable bonds is 7. The maximum Gasteiger partial charge on any atom is 0.344 e. The van der Waals surface area contributed by atoms with Crippen molar-refractivity contribution in [2.24, 2.45) is 0 Å². The van der Waals surface area contributed by atoms with Crippen LogP contribution in [0.15, 0.2) is 59.5 Å². The highest BCUT2D eigenvalue weighted by atomic mass is 32.2. The highest BCUT2D eigenvalue weighted by Gasteiger charge is 2.48. The summed E-state index contributed by atoms with van der Waals surface area (Å²) >= 11 is 0. The van der Waals surface area contributed by atoms with Crippen LogP contribution in [-0.4, -0.2) is 54.2 Å². The fourth-order valence-corrected chi connectivity index (χ4v) is 5.89. The van der Waals surface area contributed by atoms with Gasteiger partial charge in [-0.1, -0.05) is 43.2 Å². The summed E-state index contributed by atoms with van der Waals surface area (Å²) in [6.07, 6.45) is 4.64. The van der Waals surface area contributed by atoms with Gasteiger partial charge >= 0.3 is 6.03 Å². The largest absolute Gasteiger partial charge is 0.344 e. The Hall–Kier alpha value is -3.24. The third-order valence-electron chi connectivity index (χ3n) is 6.55. The predicted octanol–water partition coefficient (Wildman–Crippen LogP) is 2.84. The molecule has 2 aliphatic heterocycles. The minimum Gasteiger partial charge on any atom is -0.322 e. The van der Waals surface area contributed by atoms with E-state index in [4.69, 9.17) is 0 Å². The number of carbonyl (C=O) groups excluding carboxylic acids is 3. The summed E-state index contributed by atoms with van der Waals surface area (Å²) in [5.41, 5.74) is 2.38. The molecule has 2 heterocycles. The molecule has 0 aromatic heterocycles. The van der Waals surface area contributed by atoms with Crippen molar-refractivity contribution < 1.29 is 22.8 Å². The van der Waals surface area contributed by atoms with E-state index >= 15 is 0 Å².